The van der Waals surface area contributed by atoms with Crippen molar-refractivity contribution in [1.82, 2.24) is 0 Å². The number of hydrogen-bond acceptors (Lipinski definition) is 5. The smallest absolute Gasteiger partial charge is 0.132 e. The standard InChI is InChI=1S/C38H36O5/c1-3-19-40-21-5-6-26-7-15-32-28(24-26)10-17-34-37(32)36(27-8-12-30(39)13-9-27)38-33-16-14-31(42-23-22-41-20-4-2)25-29(33)11-18-35(38)43-34/h3-4,7-18,24-25,36,39H,1-2,5-6,19-23H2. The molecule has 0 amide bonds. The van der Waals surface area contributed by atoms with Gasteiger partial charge in [-0.15, -0.1) is 13.2 Å². The number of aromatic hydroxyl groups is 1. The number of phenolic OH excluding ortho intramolecular Hbond substituents is 1. The van der Waals surface area contributed by atoms with Gasteiger partial charge < -0.3 is 24.1 Å². The van der Waals surface area contributed by atoms with Gasteiger partial charge in [-0.25, -0.2) is 0 Å². The molecule has 0 bridgehead atoms. The van der Waals surface area contributed by atoms with Crippen molar-refractivity contribution < 1.29 is 24.1 Å². The summed E-state index contributed by atoms with van der Waals surface area (Å²) < 4.78 is 23.6. The van der Waals surface area contributed by atoms with Crippen molar-refractivity contribution in [1.29, 1.82) is 0 Å². The molecule has 43 heavy (non-hydrogen) atoms. The van der Waals surface area contributed by atoms with Gasteiger partial charge in [0.2, 0.25) is 0 Å². The van der Waals surface area contributed by atoms with E-state index in [4.69, 9.17) is 18.9 Å². The maximum absolute atomic E-state index is 10.1. The van der Waals surface area contributed by atoms with E-state index in [0.29, 0.717) is 33.0 Å². The Morgan fingerprint density at radius 3 is 2.05 bits per heavy atom. The van der Waals surface area contributed by atoms with Crippen LogP contribution in [0, 0.1) is 0 Å². The molecule has 1 atom stereocenters. The highest BCUT2D eigenvalue weighted by Gasteiger charge is 2.32. The first-order valence-corrected chi connectivity index (χ1v) is 14.8. The third-order valence-electron chi connectivity index (χ3n) is 7.82. The zero-order valence-corrected chi connectivity index (χ0v) is 24.3. The lowest BCUT2D eigenvalue weighted by molar-refractivity contribution is 0.121. The van der Waals surface area contributed by atoms with Crippen LogP contribution in [0.3, 0.4) is 0 Å². The predicted octanol–water partition coefficient (Wildman–Crippen LogP) is 8.70. The third kappa shape index (κ3) is 6.14. The lowest BCUT2D eigenvalue weighted by Gasteiger charge is -2.31. The Morgan fingerprint density at radius 1 is 0.698 bits per heavy atom. The van der Waals surface area contributed by atoms with Crippen LogP contribution in [-0.2, 0) is 15.9 Å². The molecule has 1 heterocycles. The van der Waals surface area contributed by atoms with Crippen molar-refractivity contribution in [3.63, 3.8) is 0 Å². The molecule has 0 aromatic heterocycles. The fraction of sp³-hybridized carbons (Fsp3) is 0.211. The second kappa shape index (κ2) is 13.2. The highest BCUT2D eigenvalue weighted by Crippen LogP contribution is 2.52. The third-order valence-corrected chi connectivity index (χ3v) is 7.82. The van der Waals surface area contributed by atoms with Gasteiger partial charge in [0.15, 0.2) is 0 Å². The van der Waals surface area contributed by atoms with Crippen molar-refractivity contribution in [3.05, 3.63) is 132 Å². The fourth-order valence-electron chi connectivity index (χ4n) is 5.91. The van der Waals surface area contributed by atoms with Gasteiger partial charge in [0.1, 0.15) is 29.6 Å². The van der Waals surface area contributed by atoms with Crippen molar-refractivity contribution in [2.45, 2.75) is 18.8 Å². The molecular formula is C38H36O5. The number of benzene rings is 5. The Balaban J connectivity index is 1.40. The van der Waals surface area contributed by atoms with E-state index in [1.807, 2.05) is 24.3 Å². The monoisotopic (exact) mass is 572 g/mol. The Morgan fingerprint density at radius 2 is 1.35 bits per heavy atom. The highest BCUT2D eigenvalue weighted by atomic mass is 16.5. The molecule has 5 aromatic rings. The molecule has 1 aliphatic heterocycles. The molecule has 1 aliphatic rings. The predicted molar refractivity (Wildman–Crippen MR) is 173 cm³/mol. The van der Waals surface area contributed by atoms with E-state index < -0.39 is 0 Å². The first-order valence-electron chi connectivity index (χ1n) is 14.8. The summed E-state index contributed by atoms with van der Waals surface area (Å²) >= 11 is 0. The Bertz CT molecular complexity index is 1650. The van der Waals surface area contributed by atoms with E-state index in [0.717, 1.165) is 62.9 Å². The second-order valence-electron chi connectivity index (χ2n) is 10.7. The summed E-state index contributed by atoms with van der Waals surface area (Å²) in [6, 6.07) is 28.8. The summed E-state index contributed by atoms with van der Waals surface area (Å²) in [6.07, 6.45) is 5.41. The average molecular weight is 573 g/mol. The maximum Gasteiger partial charge on any atom is 0.132 e. The molecule has 0 radical (unpaired) electrons. The van der Waals surface area contributed by atoms with Gasteiger partial charge in [-0.3, -0.25) is 0 Å². The Hall–Kier alpha value is -4.58. The van der Waals surface area contributed by atoms with Crippen LogP contribution in [0.5, 0.6) is 23.0 Å². The molecule has 0 saturated carbocycles. The first kappa shape index (κ1) is 28.5. The molecule has 218 valence electrons. The Labute approximate surface area is 252 Å². The number of ether oxygens (including phenoxy) is 4. The molecular weight excluding hydrogens is 536 g/mol. The van der Waals surface area contributed by atoms with Gasteiger partial charge in [0.25, 0.3) is 0 Å². The summed E-state index contributed by atoms with van der Waals surface area (Å²) in [5, 5.41) is 14.6. The molecule has 1 unspecified atom stereocenters. The van der Waals surface area contributed by atoms with Gasteiger partial charge >= 0.3 is 0 Å². The lowest BCUT2D eigenvalue weighted by atomic mass is 9.78. The van der Waals surface area contributed by atoms with Crippen molar-refractivity contribution >= 4 is 21.5 Å². The molecule has 0 aliphatic carbocycles. The van der Waals surface area contributed by atoms with E-state index in [2.05, 4.69) is 61.7 Å². The topological polar surface area (TPSA) is 57.2 Å². The number of fused-ring (bicyclic) bond motifs is 6. The van der Waals surface area contributed by atoms with Gasteiger partial charge in [-0.05, 0) is 81.9 Å². The summed E-state index contributed by atoms with van der Waals surface area (Å²) in [6.45, 7) is 10.2. The van der Waals surface area contributed by atoms with E-state index in [1.54, 1.807) is 24.3 Å². The van der Waals surface area contributed by atoms with E-state index in [-0.39, 0.29) is 11.7 Å². The van der Waals surface area contributed by atoms with E-state index in [1.165, 1.54) is 10.9 Å². The molecule has 0 fully saturated rings. The van der Waals surface area contributed by atoms with Crippen LogP contribution in [0.1, 0.15) is 34.6 Å². The number of aryl methyl sites for hydroxylation is 1. The lowest BCUT2D eigenvalue weighted by Crippen LogP contribution is -2.13. The minimum atomic E-state index is -0.0935. The van der Waals surface area contributed by atoms with Gasteiger partial charge in [-0.2, -0.15) is 0 Å². The van der Waals surface area contributed by atoms with Gasteiger partial charge in [-0.1, -0.05) is 60.7 Å². The van der Waals surface area contributed by atoms with Crippen molar-refractivity contribution in [2.24, 2.45) is 0 Å². The van der Waals surface area contributed by atoms with Crippen molar-refractivity contribution in [3.8, 4) is 23.0 Å². The van der Waals surface area contributed by atoms with E-state index >= 15 is 0 Å². The Kier molecular flexibility index (Phi) is 8.73. The zero-order chi connectivity index (χ0) is 29.6. The quantitative estimate of drug-likeness (QED) is 0.111. The van der Waals surface area contributed by atoms with Gasteiger partial charge in [0.05, 0.1) is 19.8 Å². The van der Waals surface area contributed by atoms with Crippen LogP contribution >= 0.6 is 0 Å². The van der Waals surface area contributed by atoms with Crippen LogP contribution in [0.25, 0.3) is 21.5 Å². The summed E-state index contributed by atoms with van der Waals surface area (Å²) in [4.78, 5) is 0. The molecule has 6 rings (SSSR count). The maximum atomic E-state index is 10.1. The number of rotatable bonds is 13. The van der Waals surface area contributed by atoms with Crippen LogP contribution in [0.15, 0.2) is 110 Å². The fourth-order valence-corrected chi connectivity index (χ4v) is 5.91. The summed E-state index contributed by atoms with van der Waals surface area (Å²) in [5.74, 6) is 2.63. The zero-order valence-electron chi connectivity index (χ0n) is 24.3. The molecule has 1 N–H and O–H groups in total. The normalized spacial score (nSPS) is 13.7. The molecule has 0 saturated heterocycles. The first-order chi connectivity index (χ1) is 21.2. The summed E-state index contributed by atoms with van der Waals surface area (Å²) in [5.41, 5.74) is 4.60. The van der Waals surface area contributed by atoms with Crippen LogP contribution in [-0.4, -0.2) is 38.1 Å². The van der Waals surface area contributed by atoms with Gasteiger partial charge in [0, 0.05) is 23.7 Å². The molecule has 5 heteroatoms. The van der Waals surface area contributed by atoms with Crippen LogP contribution in [0.2, 0.25) is 0 Å². The van der Waals surface area contributed by atoms with Crippen LogP contribution in [0.4, 0.5) is 0 Å². The van der Waals surface area contributed by atoms with Crippen molar-refractivity contribution in [2.75, 3.05) is 33.0 Å². The molecule has 0 spiro atoms. The second-order valence-corrected chi connectivity index (χ2v) is 10.7. The SMILES string of the molecule is C=CCOCCCc1ccc2c3c(ccc2c1)Oc1ccc2cc(OCCOCC=C)ccc2c1C3c1ccc(O)cc1. The minimum Gasteiger partial charge on any atom is -0.508 e. The largest absolute Gasteiger partial charge is 0.508 e. The van der Waals surface area contributed by atoms with Crippen LogP contribution < -0.4 is 9.47 Å². The minimum absolute atomic E-state index is 0.0935. The average Bonchev–Trinajstić information content (AvgIpc) is 3.03. The summed E-state index contributed by atoms with van der Waals surface area (Å²) in [7, 11) is 0. The number of hydrogen-bond donors (Lipinski definition) is 1. The highest BCUT2D eigenvalue weighted by molar-refractivity contribution is 5.95. The molecule has 5 nitrogen and oxygen atoms in total. The number of phenols is 1. The van der Waals surface area contributed by atoms with E-state index in [9.17, 15) is 5.11 Å². The molecule has 5 aromatic carbocycles.